The molecule has 0 saturated carbocycles. The lowest BCUT2D eigenvalue weighted by Gasteiger charge is -2.19. The first kappa shape index (κ1) is 13.4. The Morgan fingerprint density at radius 2 is 2.45 bits per heavy atom. The van der Waals surface area contributed by atoms with Crippen molar-refractivity contribution in [1.82, 2.24) is 10.3 Å². The van der Waals surface area contributed by atoms with Gasteiger partial charge in [-0.15, -0.1) is 11.3 Å². The Bertz CT molecular complexity index is 586. The summed E-state index contributed by atoms with van der Waals surface area (Å²) >= 11 is 1.67. The summed E-state index contributed by atoms with van der Waals surface area (Å²) in [6.07, 6.45) is 8.58. The molecule has 2 aromatic heterocycles. The van der Waals surface area contributed by atoms with Crippen LogP contribution in [0.1, 0.15) is 45.4 Å². The van der Waals surface area contributed by atoms with Crippen LogP contribution in [0.5, 0.6) is 0 Å². The molecule has 0 radical (unpaired) electrons. The minimum Gasteiger partial charge on any atom is -0.367 e. The van der Waals surface area contributed by atoms with Gasteiger partial charge in [-0.2, -0.15) is 0 Å². The highest BCUT2D eigenvalue weighted by atomic mass is 32.1. The van der Waals surface area contributed by atoms with Crippen LogP contribution >= 0.6 is 11.3 Å². The third-order valence-electron chi connectivity index (χ3n) is 4.10. The van der Waals surface area contributed by atoms with Crippen LogP contribution in [0.4, 0.5) is 0 Å². The predicted octanol–water partition coefficient (Wildman–Crippen LogP) is 3.52. The number of aryl methyl sites for hydroxylation is 1. The predicted molar refractivity (Wildman–Crippen MR) is 82.1 cm³/mol. The molecule has 1 amide bonds. The van der Waals surface area contributed by atoms with E-state index in [1.807, 2.05) is 18.5 Å². The van der Waals surface area contributed by atoms with Gasteiger partial charge in [0.15, 0.2) is 0 Å². The number of carbonyl (C=O) groups excluding carboxylic acids is 1. The Kier molecular flexibility index (Phi) is 3.92. The number of carbonyl (C=O) groups is 1. The third-order valence-corrected chi connectivity index (χ3v) is 5.34. The van der Waals surface area contributed by atoms with Crippen LogP contribution in [0.2, 0.25) is 0 Å². The number of aromatic nitrogens is 1. The molecule has 1 atom stereocenters. The molecule has 1 aliphatic rings. The Labute approximate surface area is 123 Å². The van der Waals surface area contributed by atoms with Gasteiger partial charge in [-0.3, -0.25) is 4.79 Å². The number of hydrogen-bond acceptors (Lipinski definition) is 2. The second kappa shape index (κ2) is 5.83. The maximum absolute atomic E-state index is 12.2. The topological polar surface area (TPSA) is 44.9 Å². The lowest BCUT2D eigenvalue weighted by molar-refractivity contribution is 0.0955. The first-order valence-electron chi connectivity index (χ1n) is 7.27. The molecule has 0 aromatic carbocycles. The summed E-state index contributed by atoms with van der Waals surface area (Å²) in [7, 11) is 0. The van der Waals surface area contributed by atoms with Crippen LogP contribution in [0, 0.1) is 5.92 Å². The number of amides is 1. The summed E-state index contributed by atoms with van der Waals surface area (Å²) in [5, 5.41) is 2.99. The van der Waals surface area contributed by atoms with Crippen LogP contribution in [0.3, 0.4) is 0 Å². The fourth-order valence-electron chi connectivity index (χ4n) is 2.80. The molecule has 0 fully saturated rings. The quantitative estimate of drug-likeness (QED) is 0.888. The van der Waals surface area contributed by atoms with Crippen molar-refractivity contribution in [2.75, 3.05) is 0 Å². The number of nitrogens with one attached hydrogen (secondary N) is 2. The molecule has 1 unspecified atom stereocenters. The van der Waals surface area contributed by atoms with Crippen LogP contribution in [0.15, 0.2) is 24.5 Å². The number of aromatic amines is 1. The number of thiophene rings is 1. The van der Waals surface area contributed by atoms with E-state index in [0.717, 1.165) is 29.2 Å². The van der Waals surface area contributed by atoms with Crippen molar-refractivity contribution in [2.45, 2.75) is 39.2 Å². The second-order valence-corrected chi connectivity index (χ2v) is 6.61. The highest BCUT2D eigenvalue weighted by Crippen LogP contribution is 2.33. The van der Waals surface area contributed by atoms with Gasteiger partial charge in [-0.25, -0.2) is 0 Å². The second-order valence-electron chi connectivity index (χ2n) is 5.48. The zero-order valence-corrected chi connectivity index (χ0v) is 12.6. The maximum atomic E-state index is 12.2. The fraction of sp³-hybridized carbons (Fsp3) is 0.438. The highest BCUT2D eigenvalue weighted by Gasteiger charge is 2.21. The summed E-state index contributed by atoms with van der Waals surface area (Å²) in [4.78, 5) is 17.5. The molecule has 3 rings (SSSR count). The lowest BCUT2D eigenvalue weighted by Crippen LogP contribution is -2.21. The van der Waals surface area contributed by atoms with E-state index in [2.05, 4.69) is 23.3 Å². The molecule has 2 aromatic rings. The first-order chi connectivity index (χ1) is 9.76. The maximum Gasteiger partial charge on any atom is 0.261 e. The molecule has 3 nitrogen and oxygen atoms in total. The van der Waals surface area contributed by atoms with Gasteiger partial charge in [0.05, 0.1) is 4.88 Å². The van der Waals surface area contributed by atoms with Crippen molar-refractivity contribution >= 4 is 17.2 Å². The van der Waals surface area contributed by atoms with E-state index in [1.165, 1.54) is 23.3 Å². The Hall–Kier alpha value is -1.55. The average Bonchev–Trinajstić information content (AvgIpc) is 3.12. The standard InChI is InChI=1S/C16H20N2OS/c1-2-11-3-4-14-13(7-11)8-15(20-14)16(19)18-10-12-5-6-17-9-12/h5-6,8-9,11,17H,2-4,7,10H2,1H3,(H,18,19). The smallest absolute Gasteiger partial charge is 0.261 e. The molecule has 2 N–H and O–H groups in total. The minimum absolute atomic E-state index is 0.0543. The molecule has 0 saturated heterocycles. The normalized spacial score (nSPS) is 17.8. The number of hydrogen-bond donors (Lipinski definition) is 2. The van der Waals surface area contributed by atoms with E-state index >= 15 is 0 Å². The molecule has 0 spiro atoms. The minimum atomic E-state index is 0.0543. The van der Waals surface area contributed by atoms with Crippen molar-refractivity contribution in [3.8, 4) is 0 Å². The Balaban J connectivity index is 1.65. The molecule has 106 valence electrons. The first-order valence-corrected chi connectivity index (χ1v) is 8.09. The monoisotopic (exact) mass is 288 g/mol. The summed E-state index contributed by atoms with van der Waals surface area (Å²) < 4.78 is 0. The lowest BCUT2D eigenvalue weighted by atomic mass is 9.87. The summed E-state index contributed by atoms with van der Waals surface area (Å²) in [5.41, 5.74) is 2.51. The number of fused-ring (bicyclic) bond motifs is 1. The van der Waals surface area contributed by atoms with Crippen molar-refractivity contribution < 1.29 is 4.79 Å². The third kappa shape index (κ3) is 2.80. The number of rotatable bonds is 4. The van der Waals surface area contributed by atoms with E-state index in [0.29, 0.717) is 6.54 Å². The van der Waals surface area contributed by atoms with Gasteiger partial charge in [0.25, 0.3) is 5.91 Å². The molecule has 0 bridgehead atoms. The zero-order valence-electron chi connectivity index (χ0n) is 11.7. The van der Waals surface area contributed by atoms with E-state index in [1.54, 1.807) is 11.3 Å². The van der Waals surface area contributed by atoms with E-state index in [9.17, 15) is 4.79 Å². The summed E-state index contributed by atoms with van der Waals surface area (Å²) in [5.74, 6) is 0.853. The van der Waals surface area contributed by atoms with Gasteiger partial charge in [-0.1, -0.05) is 13.3 Å². The van der Waals surface area contributed by atoms with E-state index in [4.69, 9.17) is 0 Å². The molecule has 4 heteroatoms. The molecule has 0 aliphatic heterocycles. The van der Waals surface area contributed by atoms with Crippen molar-refractivity contribution in [3.63, 3.8) is 0 Å². The summed E-state index contributed by atoms with van der Waals surface area (Å²) in [6, 6.07) is 4.08. The number of H-pyrrole nitrogens is 1. The largest absolute Gasteiger partial charge is 0.367 e. The summed E-state index contributed by atoms with van der Waals surface area (Å²) in [6.45, 7) is 2.84. The van der Waals surface area contributed by atoms with Crippen molar-refractivity contribution in [1.29, 1.82) is 0 Å². The highest BCUT2D eigenvalue weighted by molar-refractivity contribution is 7.14. The zero-order chi connectivity index (χ0) is 13.9. The molecular formula is C16H20N2OS. The molecule has 20 heavy (non-hydrogen) atoms. The average molecular weight is 288 g/mol. The van der Waals surface area contributed by atoms with Gasteiger partial charge < -0.3 is 10.3 Å². The van der Waals surface area contributed by atoms with Crippen LogP contribution in [-0.4, -0.2) is 10.9 Å². The van der Waals surface area contributed by atoms with Gasteiger partial charge in [0, 0.05) is 23.8 Å². The van der Waals surface area contributed by atoms with Crippen LogP contribution < -0.4 is 5.32 Å². The van der Waals surface area contributed by atoms with Crippen LogP contribution in [-0.2, 0) is 19.4 Å². The van der Waals surface area contributed by atoms with E-state index < -0.39 is 0 Å². The molecule has 1 aliphatic carbocycles. The van der Waals surface area contributed by atoms with Gasteiger partial charge in [0.2, 0.25) is 0 Å². The van der Waals surface area contributed by atoms with Gasteiger partial charge in [0.1, 0.15) is 0 Å². The SMILES string of the molecule is CCC1CCc2sc(C(=O)NCc3cc[nH]c3)cc2C1. The molecule has 2 heterocycles. The Morgan fingerprint density at radius 1 is 1.55 bits per heavy atom. The van der Waals surface area contributed by atoms with Crippen molar-refractivity contribution in [2.24, 2.45) is 5.92 Å². The molecular weight excluding hydrogens is 268 g/mol. The Morgan fingerprint density at radius 3 is 3.20 bits per heavy atom. The fourth-order valence-corrected chi connectivity index (χ4v) is 3.92. The van der Waals surface area contributed by atoms with Gasteiger partial charge >= 0.3 is 0 Å². The van der Waals surface area contributed by atoms with E-state index in [-0.39, 0.29) is 5.91 Å². The van der Waals surface area contributed by atoms with Gasteiger partial charge in [-0.05, 0) is 48.4 Å². The van der Waals surface area contributed by atoms with Crippen LogP contribution in [0.25, 0.3) is 0 Å². The van der Waals surface area contributed by atoms with Crippen molar-refractivity contribution in [3.05, 3.63) is 45.4 Å².